The van der Waals surface area contributed by atoms with Crippen molar-refractivity contribution in [2.24, 2.45) is 0 Å². The number of carboxylic acids is 1. The Hall–Kier alpha value is -0.530. The highest BCUT2D eigenvalue weighted by Crippen LogP contribution is 2.53. The molecule has 9 nitrogen and oxygen atoms in total. The second kappa shape index (κ2) is 19.4. The van der Waals surface area contributed by atoms with Gasteiger partial charge in [0.1, 0.15) is 0 Å². The maximum atomic E-state index is 10.3. The largest absolute Gasteiger partial charge is 0.481 e. The summed E-state index contributed by atoms with van der Waals surface area (Å²) in [6.45, 7) is 2.26. The monoisotopic (exact) mass is 460 g/mol. The number of aliphatic carboxylic acids is 1. The lowest BCUT2D eigenvalue weighted by atomic mass is 10.1. The van der Waals surface area contributed by atoms with E-state index in [4.69, 9.17) is 24.7 Å². The van der Waals surface area contributed by atoms with Crippen LogP contribution < -0.4 is 0 Å². The van der Waals surface area contributed by atoms with E-state index in [9.17, 15) is 13.9 Å². The zero-order chi connectivity index (χ0) is 22.6. The molecule has 5 N–H and O–H groups in total. The van der Waals surface area contributed by atoms with Crippen LogP contribution in [0.1, 0.15) is 96.8 Å². The summed E-state index contributed by atoms with van der Waals surface area (Å²) < 4.78 is 22.2. The third kappa shape index (κ3) is 35.3. The van der Waals surface area contributed by atoms with Gasteiger partial charge in [0.2, 0.25) is 0 Å². The molecule has 0 spiro atoms. The van der Waals surface area contributed by atoms with Gasteiger partial charge in [0.05, 0.1) is 0 Å². The summed E-state index contributed by atoms with van der Waals surface area (Å²) in [4.78, 5) is 41.3. The minimum atomic E-state index is -5.05. The SMILES string of the molecule is CCCCCCCC/C=C\CCCCCCCC(=O)O.O=P(O)(O)OP(=O)(O)O. The van der Waals surface area contributed by atoms with Gasteiger partial charge >= 0.3 is 21.6 Å². The molecule has 0 fully saturated rings. The van der Waals surface area contributed by atoms with E-state index in [1.54, 1.807) is 0 Å². The Bertz CT molecular complexity index is 491. The lowest BCUT2D eigenvalue weighted by Crippen LogP contribution is -1.93. The maximum Gasteiger partial charge on any atom is 0.478 e. The van der Waals surface area contributed by atoms with E-state index in [0.29, 0.717) is 6.42 Å². The molecule has 0 heterocycles. The fraction of sp³-hybridized carbons (Fsp3) is 0.833. The Kier molecular flexibility index (Phi) is 20.5. The van der Waals surface area contributed by atoms with E-state index in [0.717, 1.165) is 12.8 Å². The van der Waals surface area contributed by atoms with Crippen LogP contribution in [0.25, 0.3) is 0 Å². The van der Waals surface area contributed by atoms with Crippen molar-refractivity contribution >= 4 is 21.6 Å². The zero-order valence-electron chi connectivity index (χ0n) is 17.3. The Balaban J connectivity index is 0. The van der Waals surface area contributed by atoms with Gasteiger partial charge in [-0.1, -0.05) is 70.4 Å². The Morgan fingerprint density at radius 1 is 0.724 bits per heavy atom. The molecule has 11 heteroatoms. The summed E-state index contributed by atoms with van der Waals surface area (Å²) >= 11 is 0. The average molecular weight is 460 g/mol. The molecular formula is C18H38O9P2. The number of hydrogen-bond donors (Lipinski definition) is 5. The number of unbranched alkanes of at least 4 members (excludes halogenated alkanes) is 11. The molecule has 0 rings (SSSR count). The van der Waals surface area contributed by atoms with Gasteiger partial charge in [-0.3, -0.25) is 4.79 Å². The molecule has 0 aliphatic carbocycles. The summed E-state index contributed by atoms with van der Waals surface area (Å²) in [6.07, 6.45) is 21.2. The van der Waals surface area contributed by atoms with Crippen LogP contribution in [0.2, 0.25) is 0 Å². The highest BCUT2D eigenvalue weighted by atomic mass is 31.3. The van der Waals surface area contributed by atoms with Crippen molar-refractivity contribution in [1.82, 2.24) is 0 Å². The molecular weight excluding hydrogens is 422 g/mol. The molecule has 0 amide bonds. The number of rotatable bonds is 17. The van der Waals surface area contributed by atoms with Gasteiger partial charge in [-0.15, -0.1) is 0 Å². The van der Waals surface area contributed by atoms with Gasteiger partial charge in [-0.25, -0.2) is 9.13 Å². The molecule has 0 radical (unpaired) electrons. The van der Waals surface area contributed by atoms with Gasteiger partial charge in [0.25, 0.3) is 0 Å². The predicted molar refractivity (Wildman–Crippen MR) is 112 cm³/mol. The second-order valence-electron chi connectivity index (χ2n) is 6.79. The highest BCUT2D eigenvalue weighted by Gasteiger charge is 2.27. The normalized spacial score (nSPS) is 12.0. The number of phosphoric acid groups is 2. The smallest absolute Gasteiger partial charge is 0.478 e. The van der Waals surface area contributed by atoms with Gasteiger partial charge in [-0.2, -0.15) is 4.31 Å². The predicted octanol–water partition coefficient (Wildman–Crippen LogP) is 5.30. The first-order valence-corrected chi connectivity index (χ1v) is 13.2. The van der Waals surface area contributed by atoms with E-state index < -0.39 is 21.6 Å². The number of hydrogen-bond acceptors (Lipinski definition) is 4. The van der Waals surface area contributed by atoms with Crippen LogP contribution in [0.4, 0.5) is 0 Å². The summed E-state index contributed by atoms with van der Waals surface area (Å²) in [5, 5.41) is 8.51. The average Bonchev–Trinajstić information content (AvgIpc) is 2.55. The first-order chi connectivity index (χ1) is 13.5. The third-order valence-electron chi connectivity index (χ3n) is 3.87. The van der Waals surface area contributed by atoms with Crippen LogP contribution in [0, 0.1) is 0 Å². The summed E-state index contributed by atoms with van der Waals surface area (Å²) in [5.74, 6) is -0.664. The van der Waals surface area contributed by atoms with Crippen molar-refractivity contribution in [3.05, 3.63) is 12.2 Å². The van der Waals surface area contributed by atoms with Crippen molar-refractivity contribution in [3.63, 3.8) is 0 Å². The fourth-order valence-corrected chi connectivity index (χ4v) is 3.59. The first kappa shape index (κ1) is 30.7. The number of carbonyl (C=O) groups is 1. The molecule has 0 aromatic carbocycles. The topological polar surface area (TPSA) is 162 Å². The Morgan fingerprint density at radius 2 is 1.10 bits per heavy atom. The lowest BCUT2D eigenvalue weighted by molar-refractivity contribution is -0.137. The van der Waals surface area contributed by atoms with E-state index in [2.05, 4.69) is 23.4 Å². The lowest BCUT2D eigenvalue weighted by Gasteiger charge is -2.03. The summed E-state index contributed by atoms with van der Waals surface area (Å²) in [7, 11) is -10.1. The molecule has 0 aromatic heterocycles. The third-order valence-corrected chi connectivity index (χ3v) is 5.57. The Labute approximate surface area is 174 Å². The maximum absolute atomic E-state index is 10.3. The van der Waals surface area contributed by atoms with Crippen molar-refractivity contribution in [1.29, 1.82) is 0 Å². The van der Waals surface area contributed by atoms with Gasteiger partial charge in [0, 0.05) is 6.42 Å². The molecule has 0 atom stereocenters. The quantitative estimate of drug-likeness (QED) is 0.110. The first-order valence-electron chi connectivity index (χ1n) is 10.2. The Morgan fingerprint density at radius 3 is 1.45 bits per heavy atom. The molecule has 0 aliphatic rings. The van der Waals surface area contributed by atoms with Crippen LogP contribution in [-0.2, 0) is 18.2 Å². The van der Waals surface area contributed by atoms with E-state index in [1.807, 2.05) is 0 Å². The second-order valence-corrected chi connectivity index (χ2v) is 9.41. The summed E-state index contributed by atoms with van der Waals surface area (Å²) in [6, 6.07) is 0. The van der Waals surface area contributed by atoms with E-state index in [-0.39, 0.29) is 0 Å². The molecule has 0 aliphatic heterocycles. The van der Waals surface area contributed by atoms with E-state index in [1.165, 1.54) is 70.6 Å². The molecule has 0 saturated carbocycles. The number of allylic oxidation sites excluding steroid dienone is 2. The van der Waals surface area contributed by atoms with Gasteiger partial charge in [0.15, 0.2) is 0 Å². The van der Waals surface area contributed by atoms with Crippen molar-refractivity contribution in [2.45, 2.75) is 96.8 Å². The molecule has 29 heavy (non-hydrogen) atoms. The fourth-order valence-electron chi connectivity index (χ4n) is 2.49. The van der Waals surface area contributed by atoms with Crippen LogP contribution in [0.3, 0.4) is 0 Å². The minimum absolute atomic E-state index is 0.332. The van der Waals surface area contributed by atoms with Crippen LogP contribution in [0.15, 0.2) is 12.2 Å². The zero-order valence-corrected chi connectivity index (χ0v) is 19.1. The standard InChI is InChI=1S/C18H34O2.H4O7P2/c1-2-3-4-5-6-7-8-9-10-11-12-13-14-15-16-17-18(19)20;1-8(2,3)7-9(4,5)6/h9-10H,2-8,11-17H2,1H3,(H,19,20);(H2,1,2,3)(H2,4,5,6)/b10-9-;. The summed E-state index contributed by atoms with van der Waals surface area (Å²) in [5.41, 5.74) is 0. The van der Waals surface area contributed by atoms with Crippen LogP contribution in [0.5, 0.6) is 0 Å². The van der Waals surface area contributed by atoms with Crippen molar-refractivity contribution in [2.75, 3.05) is 0 Å². The van der Waals surface area contributed by atoms with Crippen LogP contribution >= 0.6 is 15.6 Å². The molecule has 0 bridgehead atoms. The van der Waals surface area contributed by atoms with Crippen LogP contribution in [-0.4, -0.2) is 30.6 Å². The minimum Gasteiger partial charge on any atom is -0.481 e. The number of carboxylic acid groups (broad SMARTS) is 1. The molecule has 0 saturated heterocycles. The van der Waals surface area contributed by atoms with Gasteiger partial charge in [-0.05, 0) is 32.1 Å². The van der Waals surface area contributed by atoms with Crippen molar-refractivity contribution < 1.29 is 42.9 Å². The molecule has 0 aromatic rings. The molecule has 0 unspecified atom stereocenters. The van der Waals surface area contributed by atoms with Crippen molar-refractivity contribution in [3.8, 4) is 0 Å². The molecule has 174 valence electrons. The van der Waals surface area contributed by atoms with E-state index >= 15 is 0 Å². The highest BCUT2D eigenvalue weighted by molar-refractivity contribution is 7.60. The van der Waals surface area contributed by atoms with Gasteiger partial charge < -0.3 is 24.7 Å².